The molecule has 5 heteroatoms. The molecule has 0 unspecified atom stereocenters. The number of aromatic nitrogens is 1. The number of primary amides is 1. The zero-order valence-electron chi connectivity index (χ0n) is 11.1. The molecule has 1 aromatic heterocycles. The molecule has 0 aliphatic carbocycles. The summed E-state index contributed by atoms with van der Waals surface area (Å²) in [5, 5.41) is 2.49. The van der Waals surface area contributed by atoms with Gasteiger partial charge in [-0.25, -0.2) is 4.98 Å². The summed E-state index contributed by atoms with van der Waals surface area (Å²) in [5.41, 5.74) is 15.4. The quantitative estimate of drug-likeness (QED) is 0.778. The van der Waals surface area contributed by atoms with Gasteiger partial charge in [0.2, 0.25) is 5.91 Å². The summed E-state index contributed by atoms with van der Waals surface area (Å²) >= 11 is 1.42. The number of nitrogens with zero attached hydrogens (tertiary/aromatic N) is 1. The maximum atomic E-state index is 11.1. The van der Waals surface area contributed by atoms with Crippen LogP contribution in [0.3, 0.4) is 0 Å². The fourth-order valence-electron chi connectivity index (χ4n) is 2.11. The molecule has 0 aliphatic heterocycles. The Morgan fingerprint density at radius 2 is 1.71 bits per heavy atom. The van der Waals surface area contributed by atoms with Gasteiger partial charge in [-0.2, -0.15) is 0 Å². The number of rotatable bonds is 3. The Morgan fingerprint density at radius 1 is 1.00 bits per heavy atom. The van der Waals surface area contributed by atoms with E-state index in [9.17, 15) is 4.79 Å². The smallest absolute Gasteiger partial charge is 0.248 e. The van der Waals surface area contributed by atoms with Crippen molar-refractivity contribution in [2.45, 2.75) is 0 Å². The van der Waals surface area contributed by atoms with Gasteiger partial charge in [-0.15, -0.1) is 11.3 Å². The van der Waals surface area contributed by atoms with E-state index in [0.717, 1.165) is 22.4 Å². The maximum Gasteiger partial charge on any atom is 0.248 e. The molecule has 3 aromatic rings. The van der Waals surface area contributed by atoms with E-state index in [1.165, 1.54) is 11.3 Å². The van der Waals surface area contributed by atoms with Crippen LogP contribution in [-0.4, -0.2) is 10.9 Å². The Balaban J connectivity index is 1.97. The van der Waals surface area contributed by atoms with E-state index in [2.05, 4.69) is 4.98 Å². The Kier molecular flexibility index (Phi) is 3.41. The summed E-state index contributed by atoms with van der Waals surface area (Å²) in [6.07, 6.45) is 0. The number of carbonyl (C=O) groups is 1. The van der Waals surface area contributed by atoms with Gasteiger partial charge >= 0.3 is 0 Å². The second-order valence-electron chi connectivity index (χ2n) is 4.59. The van der Waals surface area contributed by atoms with E-state index in [1.54, 1.807) is 12.1 Å². The molecule has 0 bridgehead atoms. The number of hydrogen-bond acceptors (Lipinski definition) is 4. The Labute approximate surface area is 126 Å². The first-order valence-corrected chi connectivity index (χ1v) is 7.23. The van der Waals surface area contributed by atoms with Crippen LogP contribution >= 0.6 is 11.3 Å². The number of anilines is 1. The van der Waals surface area contributed by atoms with Gasteiger partial charge in [-0.05, 0) is 29.3 Å². The Hall–Kier alpha value is -2.66. The Morgan fingerprint density at radius 3 is 2.33 bits per heavy atom. The van der Waals surface area contributed by atoms with Crippen LogP contribution in [0.4, 0.5) is 5.13 Å². The van der Waals surface area contributed by atoms with Crippen LogP contribution in [-0.2, 0) is 0 Å². The molecule has 2 aromatic carbocycles. The van der Waals surface area contributed by atoms with Crippen LogP contribution in [0.5, 0.6) is 0 Å². The molecule has 104 valence electrons. The average Bonchev–Trinajstić information content (AvgIpc) is 2.94. The van der Waals surface area contributed by atoms with E-state index in [1.807, 2.05) is 41.8 Å². The van der Waals surface area contributed by atoms with Crippen molar-refractivity contribution in [2.24, 2.45) is 5.73 Å². The number of benzene rings is 2. The van der Waals surface area contributed by atoms with Crippen LogP contribution in [0.15, 0.2) is 53.9 Å². The molecule has 1 heterocycles. The highest BCUT2D eigenvalue weighted by Gasteiger charge is 2.06. The molecule has 0 saturated heterocycles. The third kappa shape index (κ3) is 2.78. The molecule has 21 heavy (non-hydrogen) atoms. The van der Waals surface area contributed by atoms with E-state index < -0.39 is 5.91 Å². The third-order valence-corrected chi connectivity index (χ3v) is 3.86. The Bertz CT molecular complexity index is 793. The van der Waals surface area contributed by atoms with Crippen LogP contribution < -0.4 is 11.5 Å². The zero-order valence-corrected chi connectivity index (χ0v) is 11.9. The van der Waals surface area contributed by atoms with Gasteiger partial charge in [0.1, 0.15) is 0 Å². The highest BCUT2D eigenvalue weighted by atomic mass is 32.1. The average molecular weight is 295 g/mol. The first kappa shape index (κ1) is 13.3. The molecule has 0 radical (unpaired) electrons. The summed E-state index contributed by atoms with van der Waals surface area (Å²) in [5.74, 6) is -0.423. The molecular weight excluding hydrogens is 282 g/mol. The molecule has 1 amide bonds. The van der Waals surface area contributed by atoms with Gasteiger partial charge in [0.05, 0.1) is 5.69 Å². The number of amides is 1. The van der Waals surface area contributed by atoms with Crippen molar-refractivity contribution in [1.82, 2.24) is 4.98 Å². The van der Waals surface area contributed by atoms with Gasteiger partial charge in [0.25, 0.3) is 0 Å². The minimum absolute atomic E-state index is 0.423. The van der Waals surface area contributed by atoms with Crippen molar-refractivity contribution in [3.8, 4) is 22.4 Å². The number of nitrogens with two attached hydrogens (primary N) is 2. The second kappa shape index (κ2) is 5.38. The molecule has 0 aliphatic rings. The van der Waals surface area contributed by atoms with E-state index in [0.29, 0.717) is 10.7 Å². The highest BCUT2D eigenvalue weighted by molar-refractivity contribution is 7.13. The summed E-state index contributed by atoms with van der Waals surface area (Å²) in [4.78, 5) is 15.4. The largest absolute Gasteiger partial charge is 0.375 e. The molecule has 3 rings (SSSR count). The van der Waals surface area contributed by atoms with Crippen molar-refractivity contribution < 1.29 is 4.79 Å². The molecule has 0 saturated carbocycles. The third-order valence-electron chi connectivity index (χ3n) is 3.18. The van der Waals surface area contributed by atoms with Crippen LogP contribution in [0, 0.1) is 0 Å². The summed E-state index contributed by atoms with van der Waals surface area (Å²) in [6.45, 7) is 0. The van der Waals surface area contributed by atoms with Gasteiger partial charge in [-0.3, -0.25) is 4.79 Å². The van der Waals surface area contributed by atoms with E-state index >= 15 is 0 Å². The summed E-state index contributed by atoms with van der Waals surface area (Å²) in [7, 11) is 0. The molecular formula is C16H13N3OS. The standard InChI is InChI=1S/C16H13N3OS/c17-15(20)11-6-4-10(5-7-11)12-2-1-3-13(8-12)14-9-21-16(18)19-14/h1-9H,(H2,17,20)(H2,18,19). The lowest BCUT2D eigenvalue weighted by Gasteiger charge is -2.05. The fraction of sp³-hybridized carbons (Fsp3) is 0. The fourth-order valence-corrected chi connectivity index (χ4v) is 2.68. The lowest BCUT2D eigenvalue weighted by molar-refractivity contribution is 0.100. The predicted octanol–water partition coefficient (Wildman–Crippen LogP) is 3.16. The van der Waals surface area contributed by atoms with Crippen LogP contribution in [0.25, 0.3) is 22.4 Å². The maximum absolute atomic E-state index is 11.1. The van der Waals surface area contributed by atoms with Crippen molar-refractivity contribution in [2.75, 3.05) is 5.73 Å². The van der Waals surface area contributed by atoms with Gasteiger partial charge in [-0.1, -0.05) is 30.3 Å². The number of nitrogen functional groups attached to an aromatic ring is 1. The summed E-state index contributed by atoms with van der Waals surface area (Å²) in [6, 6.07) is 15.3. The monoisotopic (exact) mass is 295 g/mol. The minimum Gasteiger partial charge on any atom is -0.375 e. The van der Waals surface area contributed by atoms with E-state index in [4.69, 9.17) is 11.5 Å². The number of carbonyl (C=O) groups excluding carboxylic acids is 1. The minimum atomic E-state index is -0.423. The first-order chi connectivity index (χ1) is 10.1. The molecule has 0 atom stereocenters. The molecule has 4 N–H and O–H groups in total. The van der Waals surface area contributed by atoms with Crippen molar-refractivity contribution >= 4 is 22.4 Å². The van der Waals surface area contributed by atoms with Gasteiger partial charge < -0.3 is 11.5 Å². The SMILES string of the molecule is NC(=O)c1ccc(-c2cccc(-c3csc(N)n3)c2)cc1. The van der Waals surface area contributed by atoms with Gasteiger partial charge in [0, 0.05) is 16.5 Å². The first-order valence-electron chi connectivity index (χ1n) is 6.35. The highest BCUT2D eigenvalue weighted by Crippen LogP contribution is 2.28. The predicted molar refractivity (Wildman–Crippen MR) is 85.9 cm³/mol. The number of thiazole rings is 1. The number of hydrogen-bond donors (Lipinski definition) is 2. The van der Waals surface area contributed by atoms with Crippen LogP contribution in [0.1, 0.15) is 10.4 Å². The molecule has 0 spiro atoms. The van der Waals surface area contributed by atoms with Crippen molar-refractivity contribution in [3.05, 3.63) is 59.5 Å². The lowest BCUT2D eigenvalue weighted by Crippen LogP contribution is -2.10. The van der Waals surface area contributed by atoms with Crippen molar-refractivity contribution in [3.63, 3.8) is 0 Å². The normalized spacial score (nSPS) is 10.5. The lowest BCUT2D eigenvalue weighted by atomic mass is 10.0. The van der Waals surface area contributed by atoms with Gasteiger partial charge in [0.15, 0.2) is 5.13 Å². The summed E-state index contributed by atoms with van der Waals surface area (Å²) < 4.78 is 0. The van der Waals surface area contributed by atoms with E-state index in [-0.39, 0.29) is 0 Å². The zero-order chi connectivity index (χ0) is 14.8. The molecule has 0 fully saturated rings. The topological polar surface area (TPSA) is 82.0 Å². The van der Waals surface area contributed by atoms with Crippen LogP contribution in [0.2, 0.25) is 0 Å². The second-order valence-corrected chi connectivity index (χ2v) is 5.48. The molecule has 4 nitrogen and oxygen atoms in total. The van der Waals surface area contributed by atoms with Crippen molar-refractivity contribution in [1.29, 1.82) is 0 Å².